The molecule has 19 heavy (non-hydrogen) atoms. The number of hydrogen-bond acceptors (Lipinski definition) is 3. The summed E-state index contributed by atoms with van der Waals surface area (Å²) in [5.74, 6) is 0.923. The van der Waals surface area contributed by atoms with Crippen LogP contribution in [0.1, 0.15) is 30.2 Å². The predicted molar refractivity (Wildman–Crippen MR) is 79.4 cm³/mol. The van der Waals surface area contributed by atoms with E-state index < -0.39 is 0 Å². The fourth-order valence-corrected chi connectivity index (χ4v) is 2.10. The largest absolute Gasteiger partial charge is 0.370 e. The van der Waals surface area contributed by atoms with Gasteiger partial charge in [-0.3, -0.25) is 0 Å². The lowest BCUT2D eigenvalue weighted by Crippen LogP contribution is -2.08. The summed E-state index contributed by atoms with van der Waals surface area (Å²) in [5, 5.41) is 3.37. The van der Waals surface area contributed by atoms with E-state index >= 15 is 0 Å². The van der Waals surface area contributed by atoms with E-state index in [2.05, 4.69) is 53.4 Å². The summed E-state index contributed by atoms with van der Waals surface area (Å²) in [6, 6.07) is 10.5. The topological polar surface area (TPSA) is 37.8 Å². The first-order chi connectivity index (χ1) is 9.29. The van der Waals surface area contributed by atoms with Crippen molar-refractivity contribution in [2.45, 2.75) is 33.1 Å². The van der Waals surface area contributed by atoms with Crippen LogP contribution in [0.4, 0.5) is 5.82 Å². The van der Waals surface area contributed by atoms with Gasteiger partial charge in [0, 0.05) is 18.3 Å². The maximum Gasteiger partial charge on any atom is 0.129 e. The molecular weight excluding hydrogens is 234 g/mol. The summed E-state index contributed by atoms with van der Waals surface area (Å²) in [5.41, 5.74) is 3.84. The Kier molecular flexibility index (Phi) is 4.90. The second kappa shape index (κ2) is 6.88. The van der Waals surface area contributed by atoms with Crippen LogP contribution in [0.5, 0.6) is 0 Å². The second-order valence-electron chi connectivity index (χ2n) is 4.75. The standard InChI is InChI=1S/C16H21N3/c1-3-6-15-11-16(19-12-18-15)17-10-9-14-8-5-4-7-13(14)2/h4-5,7-8,11-12H,3,6,9-10H2,1-2H3,(H,17,18,19). The molecule has 2 rings (SSSR count). The third-order valence-corrected chi connectivity index (χ3v) is 3.19. The van der Waals surface area contributed by atoms with E-state index in [0.29, 0.717) is 0 Å². The van der Waals surface area contributed by atoms with E-state index in [-0.39, 0.29) is 0 Å². The van der Waals surface area contributed by atoms with Gasteiger partial charge in [0.15, 0.2) is 0 Å². The molecule has 0 saturated heterocycles. The molecule has 0 spiro atoms. The highest BCUT2D eigenvalue weighted by Crippen LogP contribution is 2.09. The Morgan fingerprint density at radius 2 is 1.95 bits per heavy atom. The maximum absolute atomic E-state index is 4.26. The van der Waals surface area contributed by atoms with Gasteiger partial charge in [-0.15, -0.1) is 0 Å². The zero-order valence-electron chi connectivity index (χ0n) is 11.7. The van der Waals surface area contributed by atoms with Gasteiger partial charge in [0.05, 0.1) is 0 Å². The van der Waals surface area contributed by atoms with Crippen molar-refractivity contribution >= 4 is 5.82 Å². The molecule has 0 atom stereocenters. The van der Waals surface area contributed by atoms with Gasteiger partial charge in [-0.1, -0.05) is 37.6 Å². The van der Waals surface area contributed by atoms with Crippen molar-refractivity contribution in [1.29, 1.82) is 0 Å². The molecule has 3 nitrogen and oxygen atoms in total. The van der Waals surface area contributed by atoms with Crippen LogP contribution in [-0.2, 0) is 12.8 Å². The molecule has 0 aliphatic carbocycles. The van der Waals surface area contributed by atoms with Gasteiger partial charge in [-0.25, -0.2) is 9.97 Å². The van der Waals surface area contributed by atoms with Gasteiger partial charge < -0.3 is 5.32 Å². The van der Waals surface area contributed by atoms with Crippen molar-refractivity contribution in [2.24, 2.45) is 0 Å². The molecule has 0 bridgehead atoms. The van der Waals surface area contributed by atoms with Crippen LogP contribution < -0.4 is 5.32 Å². The number of nitrogens with one attached hydrogen (secondary N) is 1. The summed E-state index contributed by atoms with van der Waals surface area (Å²) < 4.78 is 0. The zero-order chi connectivity index (χ0) is 13.5. The highest BCUT2D eigenvalue weighted by Gasteiger charge is 1.99. The Labute approximate surface area is 115 Å². The summed E-state index contributed by atoms with van der Waals surface area (Å²) in [7, 11) is 0. The van der Waals surface area contributed by atoms with Crippen molar-refractivity contribution < 1.29 is 0 Å². The number of rotatable bonds is 6. The molecule has 0 aliphatic rings. The van der Waals surface area contributed by atoms with Gasteiger partial charge in [0.1, 0.15) is 12.1 Å². The van der Waals surface area contributed by atoms with E-state index in [1.807, 2.05) is 6.07 Å². The minimum absolute atomic E-state index is 0.896. The van der Waals surface area contributed by atoms with E-state index in [9.17, 15) is 0 Å². The van der Waals surface area contributed by atoms with E-state index in [0.717, 1.165) is 37.3 Å². The Hall–Kier alpha value is -1.90. The molecule has 3 heteroatoms. The number of aromatic nitrogens is 2. The molecule has 1 heterocycles. The summed E-state index contributed by atoms with van der Waals surface area (Å²) >= 11 is 0. The van der Waals surface area contributed by atoms with Crippen LogP contribution in [0, 0.1) is 6.92 Å². The van der Waals surface area contributed by atoms with Gasteiger partial charge in [0.2, 0.25) is 0 Å². The zero-order valence-corrected chi connectivity index (χ0v) is 11.7. The number of anilines is 1. The first-order valence-corrected chi connectivity index (χ1v) is 6.89. The summed E-state index contributed by atoms with van der Waals surface area (Å²) in [6.45, 7) is 5.21. The molecule has 0 aliphatic heterocycles. The van der Waals surface area contributed by atoms with E-state index in [4.69, 9.17) is 0 Å². The van der Waals surface area contributed by atoms with Crippen molar-refractivity contribution in [3.63, 3.8) is 0 Å². The van der Waals surface area contributed by atoms with Crippen molar-refractivity contribution in [3.8, 4) is 0 Å². The Bertz CT molecular complexity index is 523. The number of benzene rings is 1. The summed E-state index contributed by atoms with van der Waals surface area (Å²) in [4.78, 5) is 8.51. The first kappa shape index (κ1) is 13.5. The van der Waals surface area contributed by atoms with Crippen LogP contribution in [0.3, 0.4) is 0 Å². The molecule has 2 aromatic rings. The molecule has 1 aromatic heterocycles. The SMILES string of the molecule is CCCc1cc(NCCc2ccccc2C)ncn1. The fourth-order valence-electron chi connectivity index (χ4n) is 2.10. The quantitative estimate of drug-likeness (QED) is 0.859. The van der Waals surface area contributed by atoms with Crippen LogP contribution in [0.15, 0.2) is 36.7 Å². The van der Waals surface area contributed by atoms with Crippen LogP contribution >= 0.6 is 0 Å². The lowest BCUT2D eigenvalue weighted by atomic mass is 10.1. The highest BCUT2D eigenvalue weighted by atomic mass is 15.0. The monoisotopic (exact) mass is 255 g/mol. The minimum Gasteiger partial charge on any atom is -0.370 e. The van der Waals surface area contributed by atoms with E-state index in [1.54, 1.807) is 6.33 Å². The smallest absolute Gasteiger partial charge is 0.129 e. The lowest BCUT2D eigenvalue weighted by Gasteiger charge is -2.08. The van der Waals surface area contributed by atoms with Crippen molar-refractivity contribution in [2.75, 3.05) is 11.9 Å². The Balaban J connectivity index is 1.89. The molecule has 0 fully saturated rings. The van der Waals surface area contributed by atoms with Crippen LogP contribution in [0.2, 0.25) is 0 Å². The number of aryl methyl sites for hydroxylation is 2. The van der Waals surface area contributed by atoms with Crippen LogP contribution in [0.25, 0.3) is 0 Å². The van der Waals surface area contributed by atoms with Gasteiger partial charge >= 0.3 is 0 Å². The average molecular weight is 255 g/mol. The highest BCUT2D eigenvalue weighted by molar-refractivity contribution is 5.35. The Morgan fingerprint density at radius 3 is 2.74 bits per heavy atom. The molecule has 100 valence electrons. The first-order valence-electron chi connectivity index (χ1n) is 6.89. The second-order valence-corrected chi connectivity index (χ2v) is 4.75. The molecule has 0 unspecified atom stereocenters. The maximum atomic E-state index is 4.26. The minimum atomic E-state index is 0.896. The molecule has 0 saturated carbocycles. The third kappa shape index (κ3) is 4.05. The predicted octanol–water partition coefficient (Wildman–Crippen LogP) is 3.39. The average Bonchev–Trinajstić information content (AvgIpc) is 2.42. The van der Waals surface area contributed by atoms with Crippen molar-refractivity contribution in [1.82, 2.24) is 9.97 Å². The molecular formula is C16H21N3. The molecule has 1 aromatic carbocycles. The van der Waals surface area contributed by atoms with Gasteiger partial charge in [0.25, 0.3) is 0 Å². The van der Waals surface area contributed by atoms with Gasteiger partial charge in [-0.2, -0.15) is 0 Å². The number of nitrogens with zero attached hydrogens (tertiary/aromatic N) is 2. The molecule has 0 amide bonds. The van der Waals surface area contributed by atoms with Crippen molar-refractivity contribution in [3.05, 3.63) is 53.5 Å². The Morgan fingerprint density at radius 1 is 1.11 bits per heavy atom. The third-order valence-electron chi connectivity index (χ3n) is 3.19. The molecule has 1 N–H and O–H groups in total. The van der Waals surface area contributed by atoms with Crippen LogP contribution in [-0.4, -0.2) is 16.5 Å². The molecule has 0 radical (unpaired) electrons. The fraction of sp³-hybridized carbons (Fsp3) is 0.375. The lowest BCUT2D eigenvalue weighted by molar-refractivity contribution is 0.870. The number of hydrogen-bond donors (Lipinski definition) is 1. The normalized spacial score (nSPS) is 10.4. The summed E-state index contributed by atoms with van der Waals surface area (Å²) in [6.07, 6.45) is 4.77. The van der Waals surface area contributed by atoms with E-state index in [1.165, 1.54) is 11.1 Å². The van der Waals surface area contributed by atoms with Gasteiger partial charge in [-0.05, 0) is 30.9 Å².